The summed E-state index contributed by atoms with van der Waals surface area (Å²) in [5.74, 6) is 0. The maximum absolute atomic E-state index is 2.74. The molecule has 0 fully saturated rings. The average molecular weight is 1200 g/mol. The SMILES string of the molecule is C[C](C)([Sn][CH]([Si](C)(C)C)[Si](C)(C)C)[Sn][CH]([Si](C)(C)C)[Si](C)(C)C.C[C](C)([Sn][CH]([Si](C)(C)C)[Si](C)(C)C)[Sn][CH]([Si](C)(C)C)[Si](C)(C)C. The molecular weight excluding hydrogens is 1110 g/mol. The first-order valence-corrected chi connectivity index (χ1v) is 59.4. The van der Waals surface area contributed by atoms with Crippen molar-refractivity contribution in [3.05, 3.63) is 0 Å². The zero-order valence-corrected chi connectivity index (χ0v) is 56.7. The van der Waals surface area contributed by atoms with Gasteiger partial charge in [-0.2, -0.15) is 0 Å². The standard InChI is InChI=1S/4C7H19Si2.2C3H6.4Sn/c4*1-8(2,3)7-9(4,5)6;2*1-3-2;;;;/h4*7H,1-6H3;2*1-2H3;;;;. The summed E-state index contributed by atoms with van der Waals surface area (Å²) in [6.45, 7) is 75.1. The van der Waals surface area contributed by atoms with Gasteiger partial charge in [0.05, 0.1) is 0 Å². The maximum atomic E-state index is 2.74. The second-order valence-electron chi connectivity index (χ2n) is 24.5. The molecule has 0 bridgehead atoms. The minimum atomic E-state index is -0.988. The zero-order valence-electron chi connectivity index (χ0n) is 37.3. The van der Waals surface area contributed by atoms with Gasteiger partial charge < -0.3 is 0 Å². The molecule has 8 radical (unpaired) electrons. The van der Waals surface area contributed by atoms with Gasteiger partial charge in [0.2, 0.25) is 0 Å². The molecule has 0 aliphatic rings. The quantitative estimate of drug-likeness (QED) is 0.135. The van der Waals surface area contributed by atoms with Crippen LogP contribution in [0.1, 0.15) is 27.7 Å². The third-order valence-corrected chi connectivity index (χ3v) is 133. The van der Waals surface area contributed by atoms with Gasteiger partial charge in [-0.05, 0) is 0 Å². The van der Waals surface area contributed by atoms with E-state index in [0.717, 1.165) is 2.89 Å². The Bertz CT molecular complexity index is 711. The van der Waals surface area contributed by atoms with E-state index in [1.165, 1.54) is 12.7 Å². The predicted octanol–water partition coefficient (Wildman–Crippen LogP) is 13.3. The number of hydrogen-bond acceptors (Lipinski definition) is 0. The van der Waals surface area contributed by atoms with Gasteiger partial charge in [0.1, 0.15) is 0 Å². The van der Waals surface area contributed by atoms with Gasteiger partial charge >= 0.3 is 350 Å². The van der Waals surface area contributed by atoms with Crippen LogP contribution >= 0.6 is 0 Å². The van der Waals surface area contributed by atoms with E-state index in [4.69, 9.17) is 0 Å². The molecule has 0 unspecified atom stereocenters. The van der Waals surface area contributed by atoms with Crippen LogP contribution in [-0.2, 0) is 0 Å². The van der Waals surface area contributed by atoms with Gasteiger partial charge in [-0.3, -0.25) is 0 Å². The van der Waals surface area contributed by atoms with E-state index in [1.807, 2.05) is 0 Å². The molecular formula is C34H88Si8Sn4. The zero-order chi connectivity index (χ0) is 38.1. The molecule has 0 aromatic carbocycles. The van der Waals surface area contributed by atoms with Gasteiger partial charge in [0, 0.05) is 0 Å². The molecule has 0 N–H and O–H groups in total. The van der Waals surface area contributed by atoms with Crippen LogP contribution in [-0.4, -0.2) is 149 Å². The van der Waals surface area contributed by atoms with Crippen molar-refractivity contribution in [2.24, 2.45) is 0 Å². The summed E-state index contributed by atoms with van der Waals surface area (Å²) in [5.41, 5.74) is 0. The third-order valence-electron chi connectivity index (χ3n) is 8.95. The van der Waals surface area contributed by atoms with Gasteiger partial charge in [-0.15, -0.1) is 0 Å². The second kappa shape index (κ2) is 18.3. The molecule has 0 aromatic rings. The van der Waals surface area contributed by atoms with E-state index in [-0.39, 0.29) is 84.6 Å². The van der Waals surface area contributed by atoms with E-state index >= 15 is 0 Å². The van der Waals surface area contributed by atoms with Crippen molar-refractivity contribution < 1.29 is 0 Å². The molecule has 0 aliphatic carbocycles. The summed E-state index contributed by atoms with van der Waals surface area (Å²) in [6, 6.07) is 0. The third kappa shape index (κ3) is 21.1. The molecule has 0 rings (SSSR count). The van der Waals surface area contributed by atoms with Gasteiger partial charge in [-0.25, -0.2) is 0 Å². The molecule has 0 aromatic heterocycles. The Morgan fingerprint density at radius 3 is 0.391 bits per heavy atom. The summed E-state index contributed by atoms with van der Waals surface area (Å²) in [7, 11) is -7.90. The van der Waals surface area contributed by atoms with Crippen molar-refractivity contribution in [2.75, 3.05) is 0 Å². The molecule has 0 aliphatic heterocycles. The van der Waals surface area contributed by atoms with Crippen LogP contribution < -0.4 is 0 Å². The molecule has 0 spiro atoms. The fourth-order valence-corrected chi connectivity index (χ4v) is 148. The second-order valence-corrected chi connectivity index (χ2v) is 115. The number of hydrogen-bond donors (Lipinski definition) is 0. The van der Waals surface area contributed by atoms with E-state index < -0.39 is 64.6 Å². The summed E-state index contributed by atoms with van der Waals surface area (Å²) in [5, 5.41) is 0. The first kappa shape index (κ1) is 53.0. The monoisotopic (exact) mass is 1200 g/mol. The van der Waals surface area contributed by atoms with Gasteiger partial charge in [0.15, 0.2) is 0 Å². The first-order chi connectivity index (χ1) is 19.4. The fraction of sp³-hybridized carbons (Fsp3) is 1.00. The van der Waals surface area contributed by atoms with E-state index in [9.17, 15) is 0 Å². The molecule has 0 nitrogen and oxygen atoms in total. The normalized spacial score (nSPS) is 15.7. The predicted molar refractivity (Wildman–Crippen MR) is 253 cm³/mol. The first-order valence-electron chi connectivity index (χ1n) is 18.5. The van der Waals surface area contributed by atoms with Crippen molar-refractivity contribution >= 4 is 149 Å². The van der Waals surface area contributed by atoms with Crippen LogP contribution in [0.15, 0.2) is 0 Å². The van der Waals surface area contributed by atoms with Crippen molar-refractivity contribution in [3.63, 3.8) is 0 Å². The van der Waals surface area contributed by atoms with Crippen LogP contribution in [0.4, 0.5) is 0 Å². The van der Waals surface area contributed by atoms with Crippen LogP contribution in [0.3, 0.4) is 0 Å². The van der Waals surface area contributed by atoms with Gasteiger partial charge in [-0.1, -0.05) is 0 Å². The van der Waals surface area contributed by atoms with Gasteiger partial charge in [0.25, 0.3) is 0 Å². The molecule has 0 heterocycles. The van der Waals surface area contributed by atoms with Crippen LogP contribution in [0.2, 0.25) is 173 Å². The molecule has 0 saturated heterocycles. The molecule has 272 valence electrons. The summed E-state index contributed by atoms with van der Waals surface area (Å²) in [4.78, 5) is 0. The topological polar surface area (TPSA) is 0 Å². The Hall–Kier alpha value is 4.93. The molecule has 0 amide bonds. The Morgan fingerprint density at radius 1 is 0.239 bits per heavy atom. The summed E-state index contributed by atoms with van der Waals surface area (Å²) < 4.78 is 6.69. The Balaban J connectivity index is 0. The van der Waals surface area contributed by atoms with Crippen molar-refractivity contribution in [2.45, 2.75) is 200 Å². The average Bonchev–Trinajstić information content (AvgIpc) is 2.67. The molecule has 12 heteroatoms. The molecule has 46 heavy (non-hydrogen) atoms. The summed E-state index contributed by atoms with van der Waals surface area (Å²) in [6.07, 6.45) is 0. The minimum absolute atomic E-state index is 0.311. The van der Waals surface area contributed by atoms with E-state index in [2.05, 4.69) is 185 Å². The van der Waals surface area contributed by atoms with E-state index in [1.54, 1.807) is 0 Å². The van der Waals surface area contributed by atoms with Crippen LogP contribution in [0.25, 0.3) is 0 Å². The summed E-state index contributed by atoms with van der Waals surface area (Å²) >= 11 is -1.25. The number of rotatable bonds is 16. The van der Waals surface area contributed by atoms with Crippen LogP contribution in [0.5, 0.6) is 0 Å². The fourth-order valence-electron chi connectivity index (χ4n) is 8.45. The van der Waals surface area contributed by atoms with Crippen molar-refractivity contribution in [1.82, 2.24) is 0 Å². The van der Waals surface area contributed by atoms with Crippen molar-refractivity contribution in [1.29, 1.82) is 0 Å². The Labute approximate surface area is 344 Å². The van der Waals surface area contributed by atoms with E-state index in [0.29, 0.717) is 0 Å². The van der Waals surface area contributed by atoms with Crippen LogP contribution in [0, 0.1) is 0 Å². The Kier molecular flexibility index (Phi) is 21.0. The molecule has 0 saturated carbocycles. The molecule has 0 atom stereocenters. The van der Waals surface area contributed by atoms with Crippen molar-refractivity contribution in [3.8, 4) is 0 Å². The Morgan fingerprint density at radius 2 is 0.326 bits per heavy atom.